The van der Waals surface area contributed by atoms with Crippen LogP contribution in [0.25, 0.3) is 16.8 Å². The molecule has 0 fully saturated rings. The molecule has 1 amide bonds. The topological polar surface area (TPSA) is 109 Å². The molecule has 0 unspecified atom stereocenters. The molecule has 5 aromatic rings. The molecule has 2 N–H and O–H groups in total. The number of nitrogens with zero attached hydrogens (tertiary/aromatic N) is 3. The van der Waals surface area contributed by atoms with Crippen molar-refractivity contribution in [1.29, 1.82) is 5.26 Å². The Balaban J connectivity index is 1.43. The minimum absolute atomic E-state index is 0.0143. The Hall–Kier alpha value is -5.98. The number of rotatable bonds is 9. The van der Waals surface area contributed by atoms with E-state index in [1.54, 1.807) is 6.07 Å². The fourth-order valence-corrected chi connectivity index (χ4v) is 5.34. The summed E-state index contributed by atoms with van der Waals surface area (Å²) in [5.74, 6) is -5.57. The van der Waals surface area contributed by atoms with Gasteiger partial charge in [-0.25, -0.2) is 18.6 Å². The van der Waals surface area contributed by atoms with E-state index in [0.29, 0.717) is 18.2 Å². The van der Waals surface area contributed by atoms with Crippen LogP contribution in [0.5, 0.6) is 0 Å². The smallest absolute Gasteiger partial charge is 0.417 e. The Kier molecular flexibility index (Phi) is 9.80. The van der Waals surface area contributed by atoms with Gasteiger partial charge >= 0.3 is 18.3 Å². The number of nitriles is 1. The van der Waals surface area contributed by atoms with Gasteiger partial charge < -0.3 is 19.8 Å². The minimum atomic E-state index is -4.86. The van der Waals surface area contributed by atoms with Crippen LogP contribution in [-0.2, 0) is 22.1 Å². The van der Waals surface area contributed by atoms with E-state index in [1.807, 2.05) is 5.32 Å². The minimum Gasteiger partial charge on any atom is -0.467 e. The van der Waals surface area contributed by atoms with E-state index in [4.69, 9.17) is 10.00 Å². The molecule has 0 radical (unpaired) electrons. The summed E-state index contributed by atoms with van der Waals surface area (Å²) in [5.41, 5.74) is -3.40. The van der Waals surface area contributed by atoms with Crippen LogP contribution in [0.1, 0.15) is 38.8 Å². The summed E-state index contributed by atoms with van der Waals surface area (Å²) in [6, 6.07) is 10.9. The zero-order valence-electron chi connectivity index (χ0n) is 25.5. The highest BCUT2D eigenvalue weighted by atomic mass is 19.4. The maximum atomic E-state index is 15.2. The third kappa shape index (κ3) is 7.36. The van der Waals surface area contributed by atoms with Gasteiger partial charge in [0.2, 0.25) is 0 Å². The van der Waals surface area contributed by atoms with Crippen LogP contribution in [0.4, 0.5) is 40.8 Å². The van der Waals surface area contributed by atoms with Crippen LogP contribution in [0.2, 0.25) is 0 Å². The first kappa shape index (κ1) is 35.3. The summed E-state index contributed by atoms with van der Waals surface area (Å²) in [6.45, 7) is 0. The lowest BCUT2D eigenvalue weighted by atomic mass is 9.97. The number of esters is 1. The second-order valence-electron chi connectivity index (χ2n) is 10.8. The number of benzene rings is 3. The van der Waals surface area contributed by atoms with Crippen molar-refractivity contribution in [2.24, 2.45) is 0 Å². The number of carbonyl (C=O) groups is 2. The van der Waals surface area contributed by atoms with Crippen molar-refractivity contribution in [2.75, 3.05) is 12.4 Å². The second-order valence-corrected chi connectivity index (χ2v) is 10.8. The molecule has 16 heteroatoms. The van der Waals surface area contributed by atoms with Crippen LogP contribution < -0.4 is 10.6 Å². The number of alkyl halides is 6. The van der Waals surface area contributed by atoms with E-state index in [2.05, 4.69) is 10.3 Å². The molecule has 0 saturated carbocycles. The number of nitrogens with one attached hydrogen (secondary N) is 2. The summed E-state index contributed by atoms with van der Waals surface area (Å²) in [4.78, 5) is 30.0. The zero-order valence-corrected chi connectivity index (χ0v) is 25.5. The molecule has 3 aromatic carbocycles. The number of hydrogen-bond donors (Lipinski definition) is 2. The highest BCUT2D eigenvalue weighted by Crippen LogP contribution is 2.39. The van der Waals surface area contributed by atoms with Crippen molar-refractivity contribution in [3.8, 4) is 17.2 Å². The summed E-state index contributed by atoms with van der Waals surface area (Å²) < 4.78 is 120. The molecule has 2 aromatic heterocycles. The molecule has 0 aliphatic rings. The first-order valence-electron chi connectivity index (χ1n) is 14.4. The van der Waals surface area contributed by atoms with E-state index >= 15 is 8.78 Å². The highest BCUT2D eigenvalue weighted by Gasteiger charge is 2.41. The van der Waals surface area contributed by atoms with E-state index in [0.717, 1.165) is 13.2 Å². The summed E-state index contributed by atoms with van der Waals surface area (Å²) in [6.07, 6.45) is -7.45. The van der Waals surface area contributed by atoms with Gasteiger partial charge in [0.05, 0.1) is 24.3 Å². The van der Waals surface area contributed by atoms with Gasteiger partial charge in [-0.15, -0.1) is 0 Å². The van der Waals surface area contributed by atoms with Gasteiger partial charge in [0, 0.05) is 35.8 Å². The molecule has 0 saturated heterocycles. The molecule has 2 atom stereocenters. The molecule has 5 rings (SSSR count). The Bertz CT molecular complexity index is 2080. The number of halogens is 8. The van der Waals surface area contributed by atoms with Crippen LogP contribution in [0.3, 0.4) is 0 Å². The number of pyridine rings is 1. The molecule has 2 heterocycles. The van der Waals surface area contributed by atoms with Gasteiger partial charge in [-0.2, -0.15) is 31.6 Å². The lowest BCUT2D eigenvalue weighted by Gasteiger charge is -2.23. The van der Waals surface area contributed by atoms with Gasteiger partial charge in [0.1, 0.15) is 34.9 Å². The Morgan fingerprint density at radius 2 is 1.60 bits per heavy atom. The van der Waals surface area contributed by atoms with Crippen LogP contribution in [0.15, 0.2) is 85.2 Å². The Labute approximate surface area is 277 Å². The van der Waals surface area contributed by atoms with Gasteiger partial charge in [-0.1, -0.05) is 36.4 Å². The molecular weight excluding hydrogens is 678 g/mol. The fourth-order valence-electron chi connectivity index (χ4n) is 5.34. The maximum Gasteiger partial charge on any atom is 0.417 e. The molecular formula is C34H23F8N5O3. The van der Waals surface area contributed by atoms with Crippen molar-refractivity contribution >= 4 is 23.2 Å². The van der Waals surface area contributed by atoms with E-state index in [9.17, 15) is 35.9 Å². The van der Waals surface area contributed by atoms with E-state index < -0.39 is 71.2 Å². The Morgan fingerprint density at radius 1 is 0.940 bits per heavy atom. The number of aromatic nitrogens is 2. The van der Waals surface area contributed by atoms with Gasteiger partial charge in [0.25, 0.3) is 5.91 Å². The molecule has 0 aliphatic heterocycles. The molecule has 8 nitrogen and oxygen atoms in total. The summed E-state index contributed by atoms with van der Waals surface area (Å²) in [7, 11) is 0.979. The second kappa shape index (κ2) is 13.9. The number of amides is 1. The average molecular weight is 702 g/mol. The van der Waals surface area contributed by atoms with Crippen LogP contribution in [-0.4, -0.2) is 40.6 Å². The number of ether oxygens (including phenoxy) is 1. The first-order chi connectivity index (χ1) is 23.6. The molecule has 0 spiro atoms. The summed E-state index contributed by atoms with van der Waals surface area (Å²) >= 11 is 0. The quantitative estimate of drug-likeness (QED) is 0.123. The third-order valence-corrected chi connectivity index (χ3v) is 7.62. The number of methoxy groups -OCH3 is 1. The molecule has 258 valence electrons. The molecule has 50 heavy (non-hydrogen) atoms. The highest BCUT2D eigenvalue weighted by molar-refractivity contribution is 5.97. The standard InChI is InChI=1S/C34H23F8N5O3/c1-50-32(49)27(16-21-8-10-23(30-44-11-12-47(21)30)22-9-7-18(17-43)13-24(22)33(37,38)39)46-31(48)28-25(35)14-20(15-26(28)36)45-29(34(40,41)42)19-5-3-2-4-6-19/h2-15,27,29,45H,16H2,1H3,(H,46,48)/t27-,29+/m0/s1. The zero-order chi connectivity index (χ0) is 36.4. The number of imidazole rings is 1. The molecule has 0 aliphatic carbocycles. The third-order valence-electron chi connectivity index (χ3n) is 7.62. The predicted octanol–water partition coefficient (Wildman–Crippen LogP) is 7.40. The Morgan fingerprint density at radius 3 is 2.20 bits per heavy atom. The largest absolute Gasteiger partial charge is 0.467 e. The van der Waals surface area contributed by atoms with Crippen molar-refractivity contribution in [3.05, 3.63) is 125 Å². The van der Waals surface area contributed by atoms with Gasteiger partial charge in [-0.3, -0.25) is 4.79 Å². The van der Waals surface area contributed by atoms with Gasteiger partial charge in [0.15, 0.2) is 0 Å². The van der Waals surface area contributed by atoms with E-state index in [-0.39, 0.29) is 33.6 Å². The number of hydrogen-bond acceptors (Lipinski definition) is 6. The van der Waals surface area contributed by atoms with Crippen LogP contribution in [0, 0.1) is 23.0 Å². The normalized spacial score (nSPS) is 13.0. The molecule has 0 bridgehead atoms. The fraction of sp³-hybridized carbons (Fsp3) is 0.176. The van der Waals surface area contributed by atoms with E-state index in [1.165, 1.54) is 65.3 Å². The van der Waals surface area contributed by atoms with Crippen molar-refractivity contribution in [3.63, 3.8) is 0 Å². The summed E-state index contributed by atoms with van der Waals surface area (Å²) in [5, 5.41) is 13.3. The van der Waals surface area contributed by atoms with Crippen LogP contribution >= 0.6 is 0 Å². The average Bonchev–Trinajstić information content (AvgIpc) is 3.56. The lowest BCUT2D eigenvalue weighted by molar-refractivity contribution is -0.144. The lowest BCUT2D eigenvalue weighted by Crippen LogP contribution is -2.44. The number of fused-ring (bicyclic) bond motifs is 1. The monoisotopic (exact) mass is 701 g/mol. The predicted molar refractivity (Wildman–Crippen MR) is 163 cm³/mol. The maximum absolute atomic E-state index is 15.2. The van der Waals surface area contributed by atoms with Crippen molar-refractivity contribution in [1.82, 2.24) is 14.7 Å². The van der Waals surface area contributed by atoms with Crippen molar-refractivity contribution in [2.45, 2.75) is 30.9 Å². The first-order valence-corrected chi connectivity index (χ1v) is 14.4. The number of carbonyl (C=O) groups excluding carboxylic acids is 2. The van der Waals surface area contributed by atoms with Crippen molar-refractivity contribution < 1.29 is 49.4 Å². The SMILES string of the molecule is COC(=O)[C@H](Cc1ccc(-c2ccc(C#N)cc2C(F)(F)F)c2nccn12)NC(=O)c1c(F)cc(N[C@H](c2ccccc2)C(F)(F)F)cc1F. The van der Waals surface area contributed by atoms with Gasteiger partial charge in [-0.05, 0) is 47.5 Å². The number of anilines is 1.